The minimum absolute atomic E-state index is 0.0842. The molecule has 1 N–H and O–H groups in total. The van der Waals surface area contributed by atoms with Gasteiger partial charge in [-0.05, 0) is 42.3 Å². The molecule has 0 atom stereocenters. The fraction of sp³-hybridized carbons (Fsp3) is 0.200. The minimum atomic E-state index is -3.86. The average Bonchev–Trinajstić information content (AvgIpc) is 2.50. The van der Waals surface area contributed by atoms with Gasteiger partial charge in [-0.15, -0.1) is 0 Å². The fourth-order valence-corrected chi connectivity index (χ4v) is 3.25. The Morgan fingerprint density at radius 3 is 2.38 bits per heavy atom. The van der Waals surface area contributed by atoms with E-state index in [-0.39, 0.29) is 28.0 Å². The van der Waals surface area contributed by atoms with Gasteiger partial charge in [0.05, 0.1) is 9.92 Å². The van der Waals surface area contributed by atoms with Gasteiger partial charge in [0, 0.05) is 6.54 Å². The lowest BCUT2D eigenvalue weighted by molar-refractivity contribution is -0.0498. The summed E-state index contributed by atoms with van der Waals surface area (Å²) >= 11 is 5.74. The van der Waals surface area contributed by atoms with Crippen molar-refractivity contribution in [3.63, 3.8) is 0 Å². The van der Waals surface area contributed by atoms with E-state index in [0.717, 1.165) is 23.8 Å². The number of sulfonamides is 1. The summed E-state index contributed by atoms with van der Waals surface area (Å²) in [7, 11) is -3.86. The summed E-state index contributed by atoms with van der Waals surface area (Å²) in [6.07, 6.45) is 0.361. The predicted molar refractivity (Wildman–Crippen MR) is 83.4 cm³/mol. The highest BCUT2D eigenvalue weighted by Crippen LogP contribution is 2.28. The van der Waals surface area contributed by atoms with Crippen LogP contribution in [-0.2, 0) is 16.4 Å². The minimum Gasteiger partial charge on any atom is -0.433 e. The van der Waals surface area contributed by atoms with Gasteiger partial charge in [0.25, 0.3) is 0 Å². The Balaban J connectivity index is 2.01. The largest absolute Gasteiger partial charge is 0.433 e. The average molecular weight is 380 g/mol. The van der Waals surface area contributed by atoms with E-state index < -0.39 is 16.6 Å². The zero-order valence-electron chi connectivity index (χ0n) is 12.2. The van der Waals surface area contributed by atoms with Gasteiger partial charge < -0.3 is 4.74 Å². The second-order valence-corrected chi connectivity index (χ2v) is 6.92. The number of rotatable bonds is 7. The monoisotopic (exact) mass is 379 g/mol. The maximum absolute atomic E-state index is 12.8. The number of hydrogen-bond acceptors (Lipinski definition) is 3. The highest BCUT2D eigenvalue weighted by molar-refractivity contribution is 7.89. The Hall–Kier alpha value is -1.77. The number of nitrogens with one attached hydrogen (secondary N) is 1. The van der Waals surface area contributed by atoms with Crippen LogP contribution in [0, 0.1) is 5.82 Å². The lowest BCUT2D eigenvalue weighted by Gasteiger charge is -2.10. The lowest BCUT2D eigenvalue weighted by Crippen LogP contribution is -2.26. The van der Waals surface area contributed by atoms with Gasteiger partial charge in [-0.25, -0.2) is 17.5 Å². The molecule has 4 nitrogen and oxygen atoms in total. The van der Waals surface area contributed by atoms with E-state index in [1.165, 1.54) is 12.1 Å². The SMILES string of the molecule is O=S(=O)(NCCc1ccc(F)cc1)c1ccc(OC(F)F)c(Cl)c1. The maximum Gasteiger partial charge on any atom is 0.387 e. The molecule has 24 heavy (non-hydrogen) atoms. The van der Waals surface area contributed by atoms with Crippen molar-refractivity contribution in [1.82, 2.24) is 4.72 Å². The molecule has 0 amide bonds. The quantitative estimate of drug-likeness (QED) is 0.799. The molecule has 0 unspecified atom stereocenters. The molecular weight excluding hydrogens is 367 g/mol. The van der Waals surface area contributed by atoms with Crippen LogP contribution in [0.15, 0.2) is 47.4 Å². The zero-order valence-corrected chi connectivity index (χ0v) is 13.8. The third-order valence-electron chi connectivity index (χ3n) is 3.05. The first-order chi connectivity index (χ1) is 11.3. The van der Waals surface area contributed by atoms with Crippen LogP contribution in [-0.4, -0.2) is 21.6 Å². The Bertz CT molecular complexity index is 798. The van der Waals surface area contributed by atoms with Gasteiger partial charge >= 0.3 is 6.61 Å². The van der Waals surface area contributed by atoms with Gasteiger partial charge in [0.2, 0.25) is 10.0 Å². The molecule has 0 aliphatic heterocycles. The standard InChI is InChI=1S/C15H13ClF3NO3S/c16-13-9-12(5-6-14(13)23-15(18)19)24(21,22)20-8-7-10-1-3-11(17)4-2-10/h1-6,9,15,20H,7-8H2. The van der Waals surface area contributed by atoms with E-state index in [0.29, 0.717) is 6.42 Å². The summed E-state index contributed by atoms with van der Waals surface area (Å²) < 4.78 is 67.9. The Morgan fingerprint density at radius 1 is 1.12 bits per heavy atom. The van der Waals surface area contributed by atoms with E-state index in [4.69, 9.17) is 11.6 Å². The highest BCUT2D eigenvalue weighted by atomic mass is 35.5. The van der Waals surface area contributed by atoms with Crippen LogP contribution in [0.25, 0.3) is 0 Å². The molecule has 2 aromatic rings. The molecular formula is C15H13ClF3NO3S. The van der Waals surface area contributed by atoms with E-state index in [2.05, 4.69) is 9.46 Å². The second kappa shape index (κ2) is 7.87. The zero-order chi connectivity index (χ0) is 17.7. The number of benzene rings is 2. The molecule has 9 heteroatoms. The van der Waals surface area contributed by atoms with E-state index in [9.17, 15) is 21.6 Å². The number of ether oxygens (including phenoxy) is 1. The topological polar surface area (TPSA) is 55.4 Å². The third kappa shape index (κ3) is 5.12. The Kier molecular flexibility index (Phi) is 6.09. The van der Waals surface area contributed by atoms with Crippen LogP contribution < -0.4 is 9.46 Å². The van der Waals surface area contributed by atoms with Crippen molar-refractivity contribution in [2.75, 3.05) is 6.54 Å². The molecule has 0 heterocycles. The molecule has 0 saturated heterocycles. The first kappa shape index (κ1) is 18.6. The summed E-state index contributed by atoms with van der Waals surface area (Å²) in [5, 5.41) is -0.239. The summed E-state index contributed by atoms with van der Waals surface area (Å²) in [5.41, 5.74) is 0.762. The van der Waals surface area contributed by atoms with Crippen molar-refractivity contribution in [1.29, 1.82) is 0 Å². The van der Waals surface area contributed by atoms with Crippen molar-refractivity contribution in [3.8, 4) is 5.75 Å². The maximum atomic E-state index is 12.8. The normalized spacial score (nSPS) is 11.7. The van der Waals surface area contributed by atoms with Crippen molar-refractivity contribution >= 4 is 21.6 Å². The van der Waals surface area contributed by atoms with Crippen LogP contribution in [0.4, 0.5) is 13.2 Å². The molecule has 0 spiro atoms. The van der Waals surface area contributed by atoms with Gasteiger partial charge in [-0.3, -0.25) is 0 Å². The van der Waals surface area contributed by atoms with E-state index in [1.54, 1.807) is 12.1 Å². The summed E-state index contributed by atoms with van der Waals surface area (Å²) in [6.45, 7) is -2.97. The first-order valence-corrected chi connectivity index (χ1v) is 8.62. The summed E-state index contributed by atoms with van der Waals surface area (Å²) in [6, 6.07) is 8.87. The summed E-state index contributed by atoms with van der Waals surface area (Å²) in [4.78, 5) is -0.173. The van der Waals surface area contributed by atoms with Crippen LogP contribution in [0.2, 0.25) is 5.02 Å². The Morgan fingerprint density at radius 2 is 1.79 bits per heavy atom. The molecule has 0 radical (unpaired) electrons. The van der Waals surface area contributed by atoms with E-state index >= 15 is 0 Å². The molecule has 0 fully saturated rings. The van der Waals surface area contributed by atoms with Crippen molar-refractivity contribution in [2.24, 2.45) is 0 Å². The third-order valence-corrected chi connectivity index (χ3v) is 4.80. The molecule has 0 aromatic heterocycles. The Labute approximate surface area is 142 Å². The van der Waals surface area contributed by atoms with Crippen LogP contribution >= 0.6 is 11.6 Å². The molecule has 0 aliphatic rings. The second-order valence-electron chi connectivity index (χ2n) is 4.74. The molecule has 0 saturated carbocycles. The number of halogens is 4. The molecule has 130 valence electrons. The van der Waals surface area contributed by atoms with E-state index in [1.807, 2.05) is 0 Å². The smallest absolute Gasteiger partial charge is 0.387 e. The summed E-state index contributed by atoms with van der Waals surface area (Å²) in [5.74, 6) is -0.683. The van der Waals surface area contributed by atoms with Crippen molar-refractivity contribution < 1.29 is 26.3 Å². The van der Waals surface area contributed by atoms with Crippen LogP contribution in [0.3, 0.4) is 0 Å². The fourth-order valence-electron chi connectivity index (χ4n) is 1.90. The highest BCUT2D eigenvalue weighted by Gasteiger charge is 2.17. The molecule has 0 bridgehead atoms. The molecule has 2 rings (SSSR count). The van der Waals surface area contributed by atoms with Gasteiger partial charge in [0.1, 0.15) is 11.6 Å². The van der Waals surface area contributed by atoms with Gasteiger partial charge in [-0.2, -0.15) is 8.78 Å². The predicted octanol–water partition coefficient (Wildman–Crippen LogP) is 3.60. The molecule has 0 aliphatic carbocycles. The van der Waals surface area contributed by atoms with Gasteiger partial charge in [0.15, 0.2) is 0 Å². The van der Waals surface area contributed by atoms with Crippen molar-refractivity contribution in [2.45, 2.75) is 17.9 Å². The van der Waals surface area contributed by atoms with Crippen LogP contribution in [0.1, 0.15) is 5.56 Å². The number of alkyl halides is 2. The molecule has 2 aromatic carbocycles. The number of hydrogen-bond donors (Lipinski definition) is 1. The lowest BCUT2D eigenvalue weighted by atomic mass is 10.1. The van der Waals surface area contributed by atoms with Crippen molar-refractivity contribution in [3.05, 3.63) is 58.9 Å². The van der Waals surface area contributed by atoms with Crippen LogP contribution in [0.5, 0.6) is 5.75 Å². The van der Waals surface area contributed by atoms with Gasteiger partial charge in [-0.1, -0.05) is 23.7 Å². The first-order valence-electron chi connectivity index (χ1n) is 6.76.